The summed E-state index contributed by atoms with van der Waals surface area (Å²) in [6.07, 6.45) is 6.92. The lowest BCUT2D eigenvalue weighted by atomic mass is 9.84. The zero-order valence-corrected chi connectivity index (χ0v) is 21.1. The topological polar surface area (TPSA) is 45.7 Å². The van der Waals surface area contributed by atoms with Gasteiger partial charge >= 0.3 is 0 Å². The van der Waals surface area contributed by atoms with Crippen LogP contribution in [0.4, 0.5) is 0 Å². The number of rotatable bonds is 9. The summed E-state index contributed by atoms with van der Waals surface area (Å²) in [5.74, 6) is 1.45. The Balaban J connectivity index is 1.41. The van der Waals surface area contributed by atoms with Gasteiger partial charge in [-0.25, -0.2) is 0 Å². The van der Waals surface area contributed by atoms with Crippen LogP contribution in [0.15, 0.2) is 79.1 Å². The molecule has 0 N–H and O–H groups in total. The second-order valence-corrected chi connectivity index (χ2v) is 9.85. The number of hydrogen-bond donors (Lipinski definition) is 0. The number of amides is 1. The van der Waals surface area contributed by atoms with E-state index in [0.29, 0.717) is 12.0 Å². The molecule has 5 nitrogen and oxygen atoms in total. The molecule has 1 aromatic heterocycles. The van der Waals surface area contributed by atoms with Crippen molar-refractivity contribution in [3.8, 4) is 5.75 Å². The third kappa shape index (κ3) is 6.92. The van der Waals surface area contributed by atoms with E-state index in [4.69, 9.17) is 4.74 Å². The number of nitrogens with zero attached hydrogens (tertiary/aromatic N) is 3. The average Bonchev–Trinajstić information content (AvgIpc) is 2.88. The number of ether oxygens (including phenoxy) is 1. The number of carbonyl (C=O) groups is 1. The van der Waals surface area contributed by atoms with Gasteiger partial charge in [0.2, 0.25) is 0 Å². The van der Waals surface area contributed by atoms with Crippen molar-refractivity contribution in [2.45, 2.75) is 51.8 Å². The highest BCUT2D eigenvalue weighted by Gasteiger charge is 2.31. The van der Waals surface area contributed by atoms with E-state index >= 15 is 0 Å². The van der Waals surface area contributed by atoms with Crippen LogP contribution in [0.2, 0.25) is 0 Å². The fourth-order valence-corrected chi connectivity index (χ4v) is 5.05. The van der Waals surface area contributed by atoms with Gasteiger partial charge in [0.15, 0.2) is 0 Å². The minimum absolute atomic E-state index is 0.114. The number of benzene rings is 2. The summed E-state index contributed by atoms with van der Waals surface area (Å²) in [6, 6.07) is 22.8. The first-order valence-corrected chi connectivity index (χ1v) is 12.7. The van der Waals surface area contributed by atoms with Gasteiger partial charge in [0.25, 0.3) is 5.91 Å². The van der Waals surface area contributed by atoms with Crippen LogP contribution in [-0.4, -0.2) is 53.0 Å². The molecular weight excluding hydrogens is 434 g/mol. The molecule has 0 bridgehead atoms. The van der Waals surface area contributed by atoms with Crippen molar-refractivity contribution in [3.05, 3.63) is 95.8 Å². The summed E-state index contributed by atoms with van der Waals surface area (Å²) >= 11 is 0. The monoisotopic (exact) mass is 471 g/mol. The van der Waals surface area contributed by atoms with Gasteiger partial charge in [-0.1, -0.05) is 36.4 Å². The zero-order chi connectivity index (χ0) is 24.6. The molecule has 0 spiro atoms. The molecule has 4 rings (SSSR count). The number of piperidine rings is 1. The maximum absolute atomic E-state index is 13.1. The summed E-state index contributed by atoms with van der Waals surface area (Å²) in [5.41, 5.74) is 3.32. The minimum Gasteiger partial charge on any atom is -0.491 e. The van der Waals surface area contributed by atoms with Gasteiger partial charge < -0.3 is 9.64 Å². The van der Waals surface area contributed by atoms with Crippen LogP contribution in [0.3, 0.4) is 0 Å². The van der Waals surface area contributed by atoms with Crippen LogP contribution in [0, 0.1) is 5.92 Å². The smallest absolute Gasteiger partial charge is 0.253 e. The van der Waals surface area contributed by atoms with E-state index in [1.807, 2.05) is 61.5 Å². The van der Waals surface area contributed by atoms with E-state index in [-0.39, 0.29) is 12.0 Å². The number of hydrogen-bond acceptors (Lipinski definition) is 4. The van der Waals surface area contributed by atoms with Crippen molar-refractivity contribution < 1.29 is 9.53 Å². The van der Waals surface area contributed by atoms with Crippen molar-refractivity contribution in [2.75, 3.05) is 20.1 Å². The average molecular weight is 472 g/mol. The quantitative estimate of drug-likeness (QED) is 0.415. The van der Waals surface area contributed by atoms with Crippen molar-refractivity contribution in [1.29, 1.82) is 0 Å². The highest BCUT2D eigenvalue weighted by Crippen LogP contribution is 2.28. The second kappa shape index (κ2) is 12.0. The lowest BCUT2D eigenvalue weighted by molar-refractivity contribution is 0.0603. The molecule has 1 aliphatic heterocycles. The number of pyridine rings is 1. The largest absolute Gasteiger partial charge is 0.491 e. The molecule has 1 amide bonds. The molecule has 0 saturated carbocycles. The Morgan fingerprint density at radius 3 is 2.31 bits per heavy atom. The molecule has 1 saturated heterocycles. The highest BCUT2D eigenvalue weighted by atomic mass is 16.5. The lowest BCUT2D eigenvalue weighted by Gasteiger charge is -2.40. The molecule has 1 aliphatic rings. The number of likely N-dealkylation sites (N-methyl/N-ethyl adjacent to an activating group) is 1. The van der Waals surface area contributed by atoms with Gasteiger partial charge in [0.05, 0.1) is 6.10 Å². The Morgan fingerprint density at radius 2 is 1.69 bits per heavy atom. The van der Waals surface area contributed by atoms with Crippen LogP contribution in [0.1, 0.15) is 48.2 Å². The van der Waals surface area contributed by atoms with E-state index in [0.717, 1.165) is 50.2 Å². The fraction of sp³-hybridized carbons (Fsp3) is 0.400. The van der Waals surface area contributed by atoms with Crippen LogP contribution in [0.25, 0.3) is 0 Å². The first-order chi connectivity index (χ1) is 17.0. The first kappa shape index (κ1) is 24.9. The van der Waals surface area contributed by atoms with E-state index in [1.165, 1.54) is 11.1 Å². The van der Waals surface area contributed by atoms with Crippen molar-refractivity contribution in [3.63, 3.8) is 0 Å². The number of aromatic nitrogens is 1. The molecule has 2 aromatic carbocycles. The molecule has 0 radical (unpaired) electrons. The number of likely N-dealkylation sites (tertiary alicyclic amines) is 1. The van der Waals surface area contributed by atoms with Gasteiger partial charge in [0.1, 0.15) is 5.75 Å². The summed E-state index contributed by atoms with van der Waals surface area (Å²) < 4.78 is 5.72. The van der Waals surface area contributed by atoms with E-state index in [1.54, 1.807) is 0 Å². The summed E-state index contributed by atoms with van der Waals surface area (Å²) in [5, 5.41) is 0. The van der Waals surface area contributed by atoms with E-state index in [2.05, 4.69) is 53.3 Å². The third-order valence-electron chi connectivity index (χ3n) is 6.85. The summed E-state index contributed by atoms with van der Waals surface area (Å²) in [6.45, 7) is 6.46. The van der Waals surface area contributed by atoms with Gasteiger partial charge in [-0.2, -0.15) is 0 Å². The Kier molecular flexibility index (Phi) is 8.54. The molecule has 1 atom stereocenters. The predicted octanol–water partition coefficient (Wildman–Crippen LogP) is 5.46. The molecule has 2 heterocycles. The lowest BCUT2D eigenvalue weighted by Crippen LogP contribution is -2.46. The third-order valence-corrected chi connectivity index (χ3v) is 6.85. The molecule has 5 heteroatoms. The van der Waals surface area contributed by atoms with Gasteiger partial charge in [0, 0.05) is 43.6 Å². The van der Waals surface area contributed by atoms with Crippen molar-refractivity contribution in [1.82, 2.24) is 14.8 Å². The van der Waals surface area contributed by atoms with E-state index in [9.17, 15) is 4.79 Å². The Hall–Kier alpha value is -3.18. The maximum atomic E-state index is 13.1. The zero-order valence-electron chi connectivity index (χ0n) is 21.1. The first-order valence-electron chi connectivity index (χ1n) is 12.7. The van der Waals surface area contributed by atoms with Crippen LogP contribution in [-0.2, 0) is 13.0 Å². The standard InChI is InChI=1S/C30H37N3O2/c1-23(2)35-28-13-11-27(12-14-28)30(34)33-18-15-26(16-19-33)29(20-24-8-5-4-6-9-24)32(3)22-25-10-7-17-31-21-25/h4-14,17,21,23,26,29H,15-16,18-20,22H2,1-3H3/t29-/m0/s1. The van der Waals surface area contributed by atoms with Crippen LogP contribution >= 0.6 is 0 Å². The van der Waals surface area contributed by atoms with Gasteiger partial charge in [-0.05, 0) is 87.5 Å². The molecule has 0 unspecified atom stereocenters. The molecular formula is C30H37N3O2. The van der Waals surface area contributed by atoms with Crippen LogP contribution in [0.5, 0.6) is 5.75 Å². The Bertz CT molecular complexity index is 1050. The SMILES string of the molecule is CC(C)Oc1ccc(C(=O)N2CCC([C@H](Cc3ccccc3)N(C)Cc3cccnc3)CC2)cc1. The van der Waals surface area contributed by atoms with Gasteiger partial charge in [-0.3, -0.25) is 14.7 Å². The highest BCUT2D eigenvalue weighted by molar-refractivity contribution is 5.94. The number of carbonyl (C=O) groups excluding carboxylic acids is 1. The fourth-order valence-electron chi connectivity index (χ4n) is 5.05. The normalized spacial score (nSPS) is 15.4. The summed E-state index contributed by atoms with van der Waals surface area (Å²) in [7, 11) is 2.22. The van der Waals surface area contributed by atoms with E-state index < -0.39 is 0 Å². The predicted molar refractivity (Wildman–Crippen MR) is 140 cm³/mol. The maximum Gasteiger partial charge on any atom is 0.253 e. The second-order valence-electron chi connectivity index (χ2n) is 9.85. The Labute approximate surface area is 209 Å². The molecule has 184 valence electrons. The van der Waals surface area contributed by atoms with Gasteiger partial charge in [-0.15, -0.1) is 0 Å². The summed E-state index contributed by atoms with van der Waals surface area (Å²) in [4.78, 5) is 21.9. The van der Waals surface area contributed by atoms with Crippen molar-refractivity contribution in [2.24, 2.45) is 5.92 Å². The molecule has 35 heavy (non-hydrogen) atoms. The molecule has 0 aliphatic carbocycles. The Morgan fingerprint density at radius 1 is 1.00 bits per heavy atom. The minimum atomic E-state index is 0.114. The molecule has 3 aromatic rings. The van der Waals surface area contributed by atoms with Crippen LogP contribution < -0.4 is 4.74 Å². The van der Waals surface area contributed by atoms with Crippen molar-refractivity contribution >= 4 is 5.91 Å². The molecule has 1 fully saturated rings.